The Bertz CT molecular complexity index is 958. The molecule has 26 heavy (non-hydrogen) atoms. The van der Waals surface area contributed by atoms with Gasteiger partial charge < -0.3 is 4.74 Å². The number of aromatic nitrogens is 2. The summed E-state index contributed by atoms with van der Waals surface area (Å²) in [5.74, 6) is 0.763. The van der Waals surface area contributed by atoms with Gasteiger partial charge in [-0.2, -0.15) is 0 Å². The zero-order valence-electron chi connectivity index (χ0n) is 15.0. The number of fused-ring (bicyclic) bond motifs is 1. The number of thiophene rings is 1. The maximum absolute atomic E-state index is 13.2. The van der Waals surface area contributed by atoms with E-state index in [4.69, 9.17) is 9.72 Å². The highest BCUT2D eigenvalue weighted by Crippen LogP contribution is 2.32. The van der Waals surface area contributed by atoms with Gasteiger partial charge in [-0.15, -0.1) is 17.9 Å². The monoisotopic (exact) mass is 386 g/mol. The molecule has 3 rings (SSSR count). The van der Waals surface area contributed by atoms with Gasteiger partial charge in [0, 0.05) is 29.8 Å². The molecular formula is C20H22N2O2S2. The van der Waals surface area contributed by atoms with E-state index >= 15 is 0 Å². The molecule has 0 saturated heterocycles. The molecule has 136 valence electrons. The van der Waals surface area contributed by atoms with Crippen LogP contribution in [0.25, 0.3) is 21.3 Å². The Hall–Kier alpha value is -1.89. The Morgan fingerprint density at radius 3 is 2.81 bits per heavy atom. The number of hydrogen-bond donors (Lipinski definition) is 0. The van der Waals surface area contributed by atoms with Gasteiger partial charge in [0.05, 0.1) is 12.0 Å². The third kappa shape index (κ3) is 3.92. The molecule has 0 amide bonds. The Balaban J connectivity index is 2.06. The molecule has 0 bridgehead atoms. The van der Waals surface area contributed by atoms with Gasteiger partial charge in [0.1, 0.15) is 4.83 Å². The molecule has 0 fully saturated rings. The van der Waals surface area contributed by atoms with Crippen LogP contribution in [0.5, 0.6) is 0 Å². The molecule has 0 aliphatic heterocycles. The van der Waals surface area contributed by atoms with Crippen molar-refractivity contribution in [2.75, 3.05) is 19.0 Å². The molecule has 0 spiro atoms. The zero-order valence-corrected chi connectivity index (χ0v) is 16.7. The molecule has 3 aromatic rings. The van der Waals surface area contributed by atoms with E-state index in [-0.39, 0.29) is 5.56 Å². The van der Waals surface area contributed by atoms with Gasteiger partial charge in [-0.05, 0) is 19.4 Å². The first-order valence-electron chi connectivity index (χ1n) is 8.56. The summed E-state index contributed by atoms with van der Waals surface area (Å²) >= 11 is 3.07. The van der Waals surface area contributed by atoms with Gasteiger partial charge in [-0.25, -0.2) is 4.98 Å². The van der Waals surface area contributed by atoms with Gasteiger partial charge in [-0.3, -0.25) is 9.36 Å². The third-order valence-corrected chi connectivity index (χ3v) is 5.81. The number of thioether (sulfide) groups is 1. The van der Waals surface area contributed by atoms with Crippen LogP contribution >= 0.6 is 23.1 Å². The van der Waals surface area contributed by atoms with Gasteiger partial charge in [-0.1, -0.05) is 47.7 Å². The van der Waals surface area contributed by atoms with E-state index in [1.165, 1.54) is 16.9 Å². The smallest absolute Gasteiger partial charge is 0.263 e. The van der Waals surface area contributed by atoms with E-state index < -0.39 is 0 Å². The number of hydrogen-bond acceptors (Lipinski definition) is 5. The van der Waals surface area contributed by atoms with E-state index in [2.05, 4.69) is 37.8 Å². The minimum atomic E-state index is -0.00867. The van der Waals surface area contributed by atoms with Crippen LogP contribution in [0.4, 0.5) is 0 Å². The summed E-state index contributed by atoms with van der Waals surface area (Å²) in [5.41, 5.74) is 3.18. The van der Waals surface area contributed by atoms with Crippen molar-refractivity contribution in [1.82, 2.24) is 9.55 Å². The molecule has 0 N–H and O–H groups in total. The summed E-state index contributed by atoms with van der Waals surface area (Å²) in [6, 6.07) is 8.23. The van der Waals surface area contributed by atoms with Crippen LogP contribution in [-0.2, 0) is 11.3 Å². The minimum Gasteiger partial charge on any atom is -0.381 e. The summed E-state index contributed by atoms with van der Waals surface area (Å²) in [6.45, 7) is 9.59. The van der Waals surface area contributed by atoms with Crippen LogP contribution in [0.2, 0.25) is 0 Å². The molecule has 1 aromatic carbocycles. The third-order valence-electron chi connectivity index (χ3n) is 4.00. The van der Waals surface area contributed by atoms with Crippen LogP contribution in [-0.4, -0.2) is 28.5 Å². The molecule has 0 radical (unpaired) electrons. The summed E-state index contributed by atoms with van der Waals surface area (Å²) in [7, 11) is 0. The molecule has 0 atom stereocenters. The molecule has 6 heteroatoms. The van der Waals surface area contributed by atoms with Crippen molar-refractivity contribution in [3.05, 3.63) is 58.2 Å². The average Bonchev–Trinajstić information content (AvgIpc) is 3.06. The van der Waals surface area contributed by atoms with Crippen LogP contribution in [0.1, 0.15) is 12.5 Å². The van der Waals surface area contributed by atoms with E-state index in [1.807, 2.05) is 12.3 Å². The van der Waals surface area contributed by atoms with Gasteiger partial charge in [0.15, 0.2) is 5.16 Å². The van der Waals surface area contributed by atoms with Crippen molar-refractivity contribution in [2.45, 2.75) is 25.5 Å². The highest BCUT2D eigenvalue weighted by Gasteiger charge is 2.16. The Labute approximate surface area is 161 Å². The number of aryl methyl sites for hydroxylation is 1. The molecule has 4 nitrogen and oxygen atoms in total. The lowest BCUT2D eigenvalue weighted by Crippen LogP contribution is -2.22. The number of nitrogens with zero attached hydrogens (tertiary/aromatic N) is 2. The molecule has 2 heterocycles. The lowest BCUT2D eigenvalue weighted by atomic mass is 10.1. The number of benzene rings is 1. The summed E-state index contributed by atoms with van der Waals surface area (Å²) in [6.07, 6.45) is 1.74. The van der Waals surface area contributed by atoms with Crippen LogP contribution in [0.15, 0.2) is 52.3 Å². The van der Waals surface area contributed by atoms with E-state index in [9.17, 15) is 4.79 Å². The fourth-order valence-electron chi connectivity index (χ4n) is 2.69. The number of allylic oxidation sites excluding steroid dienone is 1. The predicted molar refractivity (Wildman–Crippen MR) is 111 cm³/mol. The van der Waals surface area contributed by atoms with Crippen molar-refractivity contribution in [3.8, 4) is 11.1 Å². The van der Waals surface area contributed by atoms with Crippen LogP contribution < -0.4 is 5.56 Å². The topological polar surface area (TPSA) is 44.1 Å². The van der Waals surface area contributed by atoms with Crippen LogP contribution in [0.3, 0.4) is 0 Å². The fraction of sp³-hybridized carbons (Fsp3) is 0.300. The molecule has 0 aliphatic carbocycles. The largest absolute Gasteiger partial charge is 0.381 e. The summed E-state index contributed by atoms with van der Waals surface area (Å²) < 4.78 is 7.10. The van der Waals surface area contributed by atoms with Crippen molar-refractivity contribution in [1.29, 1.82) is 0 Å². The van der Waals surface area contributed by atoms with Gasteiger partial charge in [0.2, 0.25) is 0 Å². The summed E-state index contributed by atoms with van der Waals surface area (Å²) in [4.78, 5) is 18.7. The average molecular weight is 387 g/mol. The van der Waals surface area contributed by atoms with Gasteiger partial charge >= 0.3 is 0 Å². The molecule has 0 saturated carbocycles. The maximum Gasteiger partial charge on any atom is 0.263 e. The summed E-state index contributed by atoms with van der Waals surface area (Å²) in [5, 5.41) is 3.44. The number of ether oxygens (including phenoxy) is 1. The first-order chi connectivity index (χ1) is 12.7. The highest BCUT2D eigenvalue weighted by molar-refractivity contribution is 7.99. The number of rotatable bonds is 8. The van der Waals surface area contributed by atoms with E-state index in [1.54, 1.807) is 22.4 Å². The second-order valence-corrected chi connectivity index (χ2v) is 7.76. The quantitative estimate of drug-likeness (QED) is 0.243. The van der Waals surface area contributed by atoms with Gasteiger partial charge in [0.25, 0.3) is 5.56 Å². The molecular weight excluding hydrogens is 364 g/mol. The minimum absolute atomic E-state index is 0.00867. The first kappa shape index (κ1) is 18.9. The molecule has 0 unspecified atom stereocenters. The SMILES string of the molecule is C=CCn1c(SCCOCC)nc2scc(-c3ccc(C)cc3)c2c1=O. The first-order valence-corrected chi connectivity index (χ1v) is 10.4. The second-order valence-electron chi connectivity index (χ2n) is 5.84. The lowest BCUT2D eigenvalue weighted by molar-refractivity contribution is 0.164. The van der Waals surface area contributed by atoms with Crippen molar-refractivity contribution < 1.29 is 4.74 Å². The Morgan fingerprint density at radius 1 is 1.35 bits per heavy atom. The Kier molecular flexibility index (Phi) is 6.29. The zero-order chi connectivity index (χ0) is 18.5. The lowest BCUT2D eigenvalue weighted by Gasteiger charge is -2.10. The standard InChI is InChI=1S/C20H22N2O2S2/c1-4-10-22-19(23)17-16(15-8-6-14(3)7-9-15)13-26-18(17)21-20(22)25-12-11-24-5-2/h4,6-9,13H,1,5,10-12H2,2-3H3. The van der Waals surface area contributed by atoms with E-state index in [0.29, 0.717) is 25.1 Å². The maximum atomic E-state index is 13.2. The van der Waals surface area contributed by atoms with E-state index in [0.717, 1.165) is 26.9 Å². The van der Waals surface area contributed by atoms with Crippen molar-refractivity contribution in [3.63, 3.8) is 0 Å². The molecule has 0 aliphatic rings. The second kappa shape index (κ2) is 8.66. The normalized spacial score (nSPS) is 11.2. The van der Waals surface area contributed by atoms with Crippen LogP contribution in [0, 0.1) is 6.92 Å². The Morgan fingerprint density at radius 2 is 2.12 bits per heavy atom. The van der Waals surface area contributed by atoms with Crippen molar-refractivity contribution in [2.24, 2.45) is 0 Å². The highest BCUT2D eigenvalue weighted by atomic mass is 32.2. The predicted octanol–water partition coefficient (Wildman–Crippen LogP) is 4.75. The van der Waals surface area contributed by atoms with Crippen molar-refractivity contribution >= 4 is 33.3 Å². The molecule has 2 aromatic heterocycles. The fourth-order valence-corrected chi connectivity index (χ4v) is 4.54.